The van der Waals surface area contributed by atoms with Gasteiger partial charge in [0.15, 0.2) is 0 Å². The quantitative estimate of drug-likeness (QED) is 0.356. The molecule has 1 aliphatic heterocycles. The van der Waals surface area contributed by atoms with E-state index in [-0.39, 0.29) is 17.5 Å². The number of carbonyl (C=O) groups is 2. The van der Waals surface area contributed by atoms with Gasteiger partial charge in [-0.15, -0.1) is 0 Å². The molecule has 0 saturated carbocycles. The standard InChI is InChI=1S/C26H32N2O5/c1-4-6-17-32-18-7-16-28-25(29)23(19-8-12-21(31-3)13-9-19)24(26(28)30)27-20-10-14-22(15-11-20)33-5-2/h8-15,27H,4-7,16-18H2,1-3H3. The van der Waals surface area contributed by atoms with Crippen LogP contribution in [0.1, 0.15) is 38.7 Å². The Kier molecular flexibility index (Phi) is 8.89. The molecule has 7 nitrogen and oxygen atoms in total. The van der Waals surface area contributed by atoms with Gasteiger partial charge < -0.3 is 19.5 Å². The molecule has 0 bridgehead atoms. The first-order valence-corrected chi connectivity index (χ1v) is 11.4. The summed E-state index contributed by atoms with van der Waals surface area (Å²) in [5.74, 6) is 0.768. The Morgan fingerprint density at radius 2 is 1.52 bits per heavy atom. The Labute approximate surface area is 195 Å². The van der Waals surface area contributed by atoms with Gasteiger partial charge in [0.25, 0.3) is 11.8 Å². The van der Waals surface area contributed by atoms with E-state index >= 15 is 0 Å². The molecular formula is C26H32N2O5. The topological polar surface area (TPSA) is 77.1 Å². The molecule has 33 heavy (non-hydrogen) atoms. The van der Waals surface area contributed by atoms with Crippen LogP contribution in [0.15, 0.2) is 54.2 Å². The fourth-order valence-electron chi connectivity index (χ4n) is 3.54. The van der Waals surface area contributed by atoms with Crippen molar-refractivity contribution in [1.29, 1.82) is 0 Å². The Bertz CT molecular complexity index is 967. The number of imide groups is 1. The van der Waals surface area contributed by atoms with E-state index in [1.165, 1.54) is 4.90 Å². The van der Waals surface area contributed by atoms with Gasteiger partial charge in [-0.05, 0) is 61.7 Å². The number of hydrogen-bond donors (Lipinski definition) is 1. The summed E-state index contributed by atoms with van der Waals surface area (Å²) in [6.45, 7) is 6.11. The monoisotopic (exact) mass is 452 g/mol. The van der Waals surface area contributed by atoms with E-state index in [0.29, 0.717) is 55.4 Å². The Morgan fingerprint density at radius 3 is 2.15 bits per heavy atom. The van der Waals surface area contributed by atoms with Gasteiger partial charge in [0.05, 0.1) is 19.3 Å². The number of anilines is 1. The summed E-state index contributed by atoms with van der Waals surface area (Å²) < 4.78 is 16.3. The number of ether oxygens (including phenoxy) is 3. The fourth-order valence-corrected chi connectivity index (χ4v) is 3.54. The van der Waals surface area contributed by atoms with Crippen molar-refractivity contribution in [2.75, 3.05) is 38.8 Å². The van der Waals surface area contributed by atoms with Crippen LogP contribution in [-0.4, -0.2) is 50.2 Å². The molecule has 176 valence electrons. The van der Waals surface area contributed by atoms with E-state index in [4.69, 9.17) is 14.2 Å². The van der Waals surface area contributed by atoms with Crippen LogP contribution < -0.4 is 14.8 Å². The molecule has 0 saturated heterocycles. The summed E-state index contributed by atoms with van der Waals surface area (Å²) in [5.41, 5.74) is 1.97. The van der Waals surface area contributed by atoms with Crippen molar-refractivity contribution in [3.05, 3.63) is 59.8 Å². The second kappa shape index (κ2) is 12.1. The Hall–Kier alpha value is -3.32. The average Bonchev–Trinajstić information content (AvgIpc) is 3.06. The zero-order chi connectivity index (χ0) is 23.6. The summed E-state index contributed by atoms with van der Waals surface area (Å²) in [5, 5.41) is 3.17. The second-order valence-electron chi connectivity index (χ2n) is 7.64. The van der Waals surface area contributed by atoms with Crippen molar-refractivity contribution in [3.63, 3.8) is 0 Å². The van der Waals surface area contributed by atoms with Gasteiger partial charge in [0.2, 0.25) is 0 Å². The number of rotatable bonds is 13. The highest BCUT2D eigenvalue weighted by Crippen LogP contribution is 2.32. The lowest BCUT2D eigenvalue weighted by atomic mass is 10.0. The predicted octanol–water partition coefficient (Wildman–Crippen LogP) is 4.49. The van der Waals surface area contributed by atoms with E-state index in [0.717, 1.165) is 18.6 Å². The number of unbranched alkanes of at least 4 members (excludes halogenated alkanes) is 1. The molecule has 2 aromatic rings. The number of hydrogen-bond acceptors (Lipinski definition) is 6. The van der Waals surface area contributed by atoms with Gasteiger partial charge in [-0.3, -0.25) is 14.5 Å². The van der Waals surface area contributed by atoms with Gasteiger partial charge in [0, 0.05) is 25.4 Å². The summed E-state index contributed by atoms with van der Waals surface area (Å²) >= 11 is 0. The van der Waals surface area contributed by atoms with Crippen molar-refractivity contribution in [2.24, 2.45) is 0 Å². The van der Waals surface area contributed by atoms with Crippen LogP contribution in [-0.2, 0) is 14.3 Å². The van der Waals surface area contributed by atoms with Crippen LogP contribution in [0.4, 0.5) is 5.69 Å². The third kappa shape index (κ3) is 6.14. The lowest BCUT2D eigenvalue weighted by Crippen LogP contribution is -2.34. The molecule has 0 spiro atoms. The maximum Gasteiger partial charge on any atom is 0.278 e. The molecule has 0 radical (unpaired) electrons. The fraction of sp³-hybridized carbons (Fsp3) is 0.385. The van der Waals surface area contributed by atoms with E-state index in [1.807, 2.05) is 31.2 Å². The van der Waals surface area contributed by atoms with Gasteiger partial charge in [-0.2, -0.15) is 0 Å². The molecule has 1 heterocycles. The van der Waals surface area contributed by atoms with E-state index in [1.54, 1.807) is 31.4 Å². The second-order valence-corrected chi connectivity index (χ2v) is 7.64. The van der Waals surface area contributed by atoms with Crippen molar-refractivity contribution in [2.45, 2.75) is 33.1 Å². The lowest BCUT2D eigenvalue weighted by molar-refractivity contribution is -0.137. The molecule has 2 aromatic carbocycles. The maximum absolute atomic E-state index is 13.3. The first-order valence-electron chi connectivity index (χ1n) is 11.4. The normalized spacial score (nSPS) is 13.6. The molecule has 0 unspecified atom stereocenters. The van der Waals surface area contributed by atoms with Crippen LogP contribution in [0.25, 0.3) is 5.57 Å². The van der Waals surface area contributed by atoms with E-state index < -0.39 is 0 Å². The number of methoxy groups -OCH3 is 1. The van der Waals surface area contributed by atoms with Gasteiger partial charge >= 0.3 is 0 Å². The zero-order valence-corrected chi connectivity index (χ0v) is 19.6. The maximum atomic E-state index is 13.3. The molecule has 0 fully saturated rings. The molecule has 2 amide bonds. The molecule has 1 N–H and O–H groups in total. The van der Waals surface area contributed by atoms with Gasteiger partial charge in [0.1, 0.15) is 17.2 Å². The molecule has 1 aliphatic rings. The number of amides is 2. The van der Waals surface area contributed by atoms with Gasteiger partial charge in [-0.25, -0.2) is 0 Å². The molecule has 3 rings (SSSR count). The summed E-state index contributed by atoms with van der Waals surface area (Å²) in [7, 11) is 1.59. The highest BCUT2D eigenvalue weighted by molar-refractivity contribution is 6.36. The van der Waals surface area contributed by atoms with Crippen LogP contribution >= 0.6 is 0 Å². The molecule has 0 atom stereocenters. The van der Waals surface area contributed by atoms with Crippen LogP contribution in [0.5, 0.6) is 11.5 Å². The largest absolute Gasteiger partial charge is 0.497 e. The van der Waals surface area contributed by atoms with E-state index in [2.05, 4.69) is 12.2 Å². The number of nitrogens with one attached hydrogen (secondary N) is 1. The number of carbonyl (C=O) groups excluding carboxylic acids is 2. The molecule has 0 aromatic heterocycles. The predicted molar refractivity (Wildman–Crippen MR) is 128 cm³/mol. The first-order chi connectivity index (χ1) is 16.1. The van der Waals surface area contributed by atoms with Crippen LogP contribution in [0.2, 0.25) is 0 Å². The first kappa shape index (κ1) is 24.3. The molecule has 0 aliphatic carbocycles. The SMILES string of the molecule is CCCCOCCCN1C(=O)C(Nc2ccc(OCC)cc2)=C(c2ccc(OC)cc2)C1=O. The summed E-state index contributed by atoms with van der Waals surface area (Å²) in [6, 6.07) is 14.4. The van der Waals surface area contributed by atoms with E-state index in [9.17, 15) is 9.59 Å². The van der Waals surface area contributed by atoms with Crippen LogP contribution in [0.3, 0.4) is 0 Å². The minimum absolute atomic E-state index is 0.265. The minimum Gasteiger partial charge on any atom is -0.497 e. The summed E-state index contributed by atoms with van der Waals surface area (Å²) in [4.78, 5) is 27.8. The van der Waals surface area contributed by atoms with Crippen molar-refractivity contribution in [3.8, 4) is 11.5 Å². The lowest BCUT2D eigenvalue weighted by Gasteiger charge is -2.15. The van der Waals surface area contributed by atoms with Crippen molar-refractivity contribution >= 4 is 23.1 Å². The summed E-state index contributed by atoms with van der Waals surface area (Å²) in [6.07, 6.45) is 2.66. The molecular weight excluding hydrogens is 420 g/mol. The smallest absolute Gasteiger partial charge is 0.278 e. The Morgan fingerprint density at radius 1 is 0.848 bits per heavy atom. The molecule has 7 heteroatoms. The minimum atomic E-state index is -0.340. The number of benzene rings is 2. The average molecular weight is 453 g/mol. The number of nitrogens with zero attached hydrogens (tertiary/aromatic N) is 1. The zero-order valence-electron chi connectivity index (χ0n) is 19.6. The Balaban J connectivity index is 1.81. The van der Waals surface area contributed by atoms with Gasteiger partial charge in [-0.1, -0.05) is 25.5 Å². The van der Waals surface area contributed by atoms with Crippen molar-refractivity contribution < 1.29 is 23.8 Å². The third-order valence-corrected chi connectivity index (χ3v) is 5.29. The third-order valence-electron chi connectivity index (χ3n) is 5.29. The highest BCUT2D eigenvalue weighted by Gasteiger charge is 2.38. The highest BCUT2D eigenvalue weighted by atomic mass is 16.5. The van der Waals surface area contributed by atoms with Crippen molar-refractivity contribution in [1.82, 2.24) is 4.90 Å². The van der Waals surface area contributed by atoms with Crippen LogP contribution in [0, 0.1) is 0 Å².